The van der Waals surface area contributed by atoms with Gasteiger partial charge in [0.05, 0.1) is 12.3 Å². The van der Waals surface area contributed by atoms with Crippen LogP contribution in [0.2, 0.25) is 0 Å². The quantitative estimate of drug-likeness (QED) is 0.647. The van der Waals surface area contributed by atoms with Crippen molar-refractivity contribution in [2.24, 2.45) is 4.99 Å². The van der Waals surface area contributed by atoms with Gasteiger partial charge in [0.25, 0.3) is 0 Å². The van der Waals surface area contributed by atoms with Crippen molar-refractivity contribution in [3.05, 3.63) is 24.0 Å². The lowest BCUT2D eigenvalue weighted by molar-refractivity contribution is 0.0539. The van der Waals surface area contributed by atoms with Crippen molar-refractivity contribution in [2.75, 3.05) is 6.61 Å². The molecule has 58 valence electrons. The van der Waals surface area contributed by atoms with Crippen LogP contribution in [0.5, 0.6) is 0 Å². The Bertz CT molecular complexity index is 241. The molecule has 2 rings (SSSR count). The number of hydrogen-bond acceptors (Lipinski definition) is 2. The average Bonchev–Trinajstić information content (AvgIpc) is 2.58. The fourth-order valence-corrected chi connectivity index (χ4v) is 1.11. The molecule has 1 unspecified atom stereocenters. The van der Waals surface area contributed by atoms with Gasteiger partial charge in [-0.05, 0) is 12.1 Å². The van der Waals surface area contributed by atoms with Gasteiger partial charge in [0, 0.05) is 18.8 Å². The maximum Gasteiger partial charge on any atom is 0.188 e. The van der Waals surface area contributed by atoms with E-state index in [1.165, 1.54) is 0 Å². The summed E-state index contributed by atoms with van der Waals surface area (Å²) >= 11 is 0. The van der Waals surface area contributed by atoms with Gasteiger partial charge in [0.2, 0.25) is 0 Å². The van der Waals surface area contributed by atoms with E-state index in [9.17, 15) is 0 Å². The molecule has 0 spiro atoms. The van der Waals surface area contributed by atoms with Crippen molar-refractivity contribution in [1.29, 1.82) is 0 Å². The van der Waals surface area contributed by atoms with Gasteiger partial charge >= 0.3 is 0 Å². The molecule has 0 radical (unpaired) electrons. The lowest BCUT2D eigenvalue weighted by Crippen LogP contribution is -2.09. The molecule has 1 N–H and O–H groups in total. The third kappa shape index (κ3) is 1.33. The zero-order valence-corrected chi connectivity index (χ0v) is 6.16. The van der Waals surface area contributed by atoms with Crippen molar-refractivity contribution in [3.8, 4) is 0 Å². The second-order valence-corrected chi connectivity index (χ2v) is 2.47. The molecule has 0 saturated heterocycles. The smallest absolute Gasteiger partial charge is 0.188 e. The highest BCUT2D eigenvalue weighted by Crippen LogP contribution is 2.18. The summed E-state index contributed by atoms with van der Waals surface area (Å²) in [5.74, 6) is 0. The van der Waals surface area contributed by atoms with Gasteiger partial charge < -0.3 is 9.72 Å². The van der Waals surface area contributed by atoms with Gasteiger partial charge in [0.1, 0.15) is 0 Å². The molecule has 1 aliphatic rings. The fraction of sp³-hybridized carbons (Fsp3) is 0.375. The lowest BCUT2D eigenvalue weighted by Gasteiger charge is -2.15. The normalized spacial score (nSPS) is 23.8. The summed E-state index contributed by atoms with van der Waals surface area (Å²) in [5, 5.41) is 0. The van der Waals surface area contributed by atoms with E-state index in [0.717, 1.165) is 18.7 Å². The third-order valence-electron chi connectivity index (χ3n) is 1.65. The first kappa shape index (κ1) is 6.61. The molecule has 11 heavy (non-hydrogen) atoms. The Balaban J connectivity index is 2.16. The zero-order chi connectivity index (χ0) is 7.52. The van der Waals surface area contributed by atoms with Gasteiger partial charge in [-0.15, -0.1) is 0 Å². The Kier molecular flexibility index (Phi) is 1.73. The first-order chi connectivity index (χ1) is 5.47. The Labute approximate surface area is 65.1 Å². The molecule has 0 aromatic carbocycles. The SMILES string of the molecule is C1=NC(c2ccc[nH]2)OCC1. The van der Waals surface area contributed by atoms with Crippen LogP contribution in [-0.2, 0) is 4.74 Å². The molecule has 2 heterocycles. The van der Waals surface area contributed by atoms with E-state index in [1.54, 1.807) is 0 Å². The van der Waals surface area contributed by atoms with Gasteiger partial charge in [-0.2, -0.15) is 0 Å². The van der Waals surface area contributed by atoms with E-state index in [-0.39, 0.29) is 6.23 Å². The van der Waals surface area contributed by atoms with Crippen LogP contribution in [0.4, 0.5) is 0 Å². The molecular formula is C8H10N2O. The topological polar surface area (TPSA) is 37.4 Å². The minimum absolute atomic E-state index is 0.0984. The van der Waals surface area contributed by atoms with Crippen molar-refractivity contribution < 1.29 is 4.74 Å². The zero-order valence-electron chi connectivity index (χ0n) is 6.16. The second-order valence-electron chi connectivity index (χ2n) is 2.47. The summed E-state index contributed by atoms with van der Waals surface area (Å²) in [7, 11) is 0. The number of rotatable bonds is 1. The lowest BCUT2D eigenvalue weighted by atomic mass is 10.3. The number of aromatic nitrogens is 1. The predicted molar refractivity (Wildman–Crippen MR) is 42.6 cm³/mol. The number of hydrogen-bond donors (Lipinski definition) is 1. The Hall–Kier alpha value is -1.09. The summed E-state index contributed by atoms with van der Waals surface area (Å²) in [5.41, 5.74) is 1.03. The molecular weight excluding hydrogens is 140 g/mol. The molecule has 0 aliphatic carbocycles. The molecule has 1 aromatic heterocycles. The number of aliphatic imine (C=N–C) groups is 1. The van der Waals surface area contributed by atoms with Gasteiger partial charge in [-0.25, -0.2) is 0 Å². The van der Waals surface area contributed by atoms with Crippen LogP contribution in [0, 0.1) is 0 Å². The van der Waals surface area contributed by atoms with Gasteiger partial charge in [-0.1, -0.05) is 0 Å². The van der Waals surface area contributed by atoms with Crippen LogP contribution in [0.3, 0.4) is 0 Å². The minimum Gasteiger partial charge on any atom is -0.361 e. The molecule has 0 fully saturated rings. The maximum absolute atomic E-state index is 5.39. The number of ether oxygens (including phenoxy) is 1. The molecule has 1 aliphatic heterocycles. The minimum atomic E-state index is -0.0984. The molecule has 0 amide bonds. The first-order valence-corrected chi connectivity index (χ1v) is 3.73. The van der Waals surface area contributed by atoms with E-state index in [4.69, 9.17) is 4.74 Å². The van der Waals surface area contributed by atoms with Crippen LogP contribution < -0.4 is 0 Å². The summed E-state index contributed by atoms with van der Waals surface area (Å²) in [4.78, 5) is 7.26. The van der Waals surface area contributed by atoms with Crippen LogP contribution in [-0.4, -0.2) is 17.8 Å². The Morgan fingerprint density at radius 2 is 2.64 bits per heavy atom. The molecule has 0 bridgehead atoms. The van der Waals surface area contributed by atoms with Crippen LogP contribution in [0.25, 0.3) is 0 Å². The van der Waals surface area contributed by atoms with E-state index in [1.807, 2.05) is 24.5 Å². The fourth-order valence-electron chi connectivity index (χ4n) is 1.11. The number of H-pyrrole nitrogens is 1. The van der Waals surface area contributed by atoms with E-state index in [2.05, 4.69) is 9.98 Å². The maximum atomic E-state index is 5.39. The van der Waals surface area contributed by atoms with Crippen molar-refractivity contribution in [1.82, 2.24) is 4.98 Å². The largest absolute Gasteiger partial charge is 0.361 e. The van der Waals surface area contributed by atoms with Gasteiger partial charge in [-0.3, -0.25) is 4.99 Å². The van der Waals surface area contributed by atoms with Crippen molar-refractivity contribution >= 4 is 6.21 Å². The van der Waals surface area contributed by atoms with Crippen molar-refractivity contribution in [3.63, 3.8) is 0 Å². The first-order valence-electron chi connectivity index (χ1n) is 3.73. The van der Waals surface area contributed by atoms with Crippen LogP contribution in [0.15, 0.2) is 23.3 Å². The Morgan fingerprint density at radius 3 is 3.27 bits per heavy atom. The average molecular weight is 150 g/mol. The second kappa shape index (κ2) is 2.88. The molecule has 1 atom stereocenters. The van der Waals surface area contributed by atoms with Gasteiger partial charge in [0.15, 0.2) is 6.23 Å². The highest BCUT2D eigenvalue weighted by molar-refractivity contribution is 5.58. The third-order valence-corrected chi connectivity index (χ3v) is 1.65. The summed E-state index contributed by atoms with van der Waals surface area (Å²) in [6.45, 7) is 0.771. The molecule has 1 aromatic rings. The number of aromatic amines is 1. The Morgan fingerprint density at radius 1 is 1.64 bits per heavy atom. The predicted octanol–water partition coefficient (Wildman–Crippen LogP) is 1.50. The summed E-state index contributed by atoms with van der Waals surface area (Å²) < 4.78 is 5.39. The van der Waals surface area contributed by atoms with E-state index in [0.29, 0.717) is 0 Å². The number of nitrogens with one attached hydrogen (secondary N) is 1. The monoisotopic (exact) mass is 150 g/mol. The van der Waals surface area contributed by atoms with E-state index < -0.39 is 0 Å². The van der Waals surface area contributed by atoms with Crippen LogP contribution >= 0.6 is 0 Å². The standard InChI is InChI=1S/C8H10N2O/c1-3-7(9-4-1)8-10-5-2-6-11-8/h1,3-5,8-9H,2,6H2. The highest BCUT2D eigenvalue weighted by atomic mass is 16.5. The van der Waals surface area contributed by atoms with Crippen molar-refractivity contribution in [2.45, 2.75) is 12.6 Å². The number of nitrogens with zero attached hydrogens (tertiary/aromatic N) is 1. The molecule has 3 nitrogen and oxygen atoms in total. The summed E-state index contributed by atoms with van der Waals surface area (Å²) in [6.07, 6.45) is 4.62. The van der Waals surface area contributed by atoms with E-state index >= 15 is 0 Å². The molecule has 3 heteroatoms. The van der Waals surface area contributed by atoms with Crippen LogP contribution in [0.1, 0.15) is 18.3 Å². The highest BCUT2D eigenvalue weighted by Gasteiger charge is 2.11. The molecule has 0 saturated carbocycles. The summed E-state index contributed by atoms with van der Waals surface area (Å²) in [6, 6.07) is 3.93.